The van der Waals surface area contributed by atoms with Crippen LogP contribution in [0, 0.1) is 5.92 Å². The first-order valence-corrected chi connectivity index (χ1v) is 5.51. The molecule has 0 spiro atoms. The Morgan fingerprint density at radius 3 is 2.22 bits per heavy atom. The van der Waals surface area contributed by atoms with E-state index in [0.717, 1.165) is 0 Å². The maximum absolute atomic E-state index is 11.4. The van der Waals surface area contributed by atoms with E-state index < -0.39 is 17.9 Å². The summed E-state index contributed by atoms with van der Waals surface area (Å²) in [5.74, 6) is -3.30. The van der Waals surface area contributed by atoms with Crippen molar-refractivity contribution < 1.29 is 19.8 Å². The predicted octanol–water partition coefficient (Wildman–Crippen LogP) is 2.30. The molecule has 1 aromatic rings. The minimum Gasteiger partial charge on any atom is -0.481 e. The minimum absolute atomic E-state index is 0.0404. The summed E-state index contributed by atoms with van der Waals surface area (Å²) in [5, 5.41) is 18.4. The van der Waals surface area contributed by atoms with Crippen LogP contribution in [0.25, 0.3) is 0 Å². The molecule has 1 atom stereocenters. The molecule has 92 valence electrons. The Morgan fingerprint density at radius 2 is 1.67 bits per heavy atom. The zero-order chi connectivity index (χ0) is 13.1. The van der Waals surface area contributed by atoms with Crippen LogP contribution in [-0.2, 0) is 4.79 Å². The van der Waals surface area contributed by atoms with Crippen molar-refractivity contribution in [3.8, 4) is 0 Å². The van der Waals surface area contributed by atoms with Gasteiger partial charge in [-0.25, -0.2) is 4.79 Å². The van der Waals surface area contributed by atoms with Gasteiger partial charge in [-0.05, 0) is 11.6 Å². The maximum Gasteiger partial charge on any atom is 0.335 e. The number of aromatic carboxylic acids is 1. The summed E-state index contributed by atoms with van der Waals surface area (Å²) >= 11 is 0. The fourth-order valence-corrected chi connectivity index (χ4v) is 2.14. The van der Waals surface area contributed by atoms with Crippen molar-refractivity contribution in [1.82, 2.24) is 0 Å². The van der Waals surface area contributed by atoms with Gasteiger partial charge < -0.3 is 10.2 Å². The molecular weight excluding hydrogens is 232 g/mol. The quantitative estimate of drug-likeness (QED) is 0.852. The van der Waals surface area contributed by atoms with E-state index in [1.54, 1.807) is 42.5 Å². The van der Waals surface area contributed by atoms with Gasteiger partial charge in [-0.1, -0.05) is 42.5 Å². The highest BCUT2D eigenvalue weighted by Gasteiger charge is 2.30. The fraction of sp³-hybridized carbons (Fsp3) is 0.143. The summed E-state index contributed by atoms with van der Waals surface area (Å²) in [4.78, 5) is 22.5. The lowest BCUT2D eigenvalue weighted by Crippen LogP contribution is -2.21. The lowest BCUT2D eigenvalue weighted by Gasteiger charge is -2.18. The number of benzene rings is 1. The summed E-state index contributed by atoms with van der Waals surface area (Å²) < 4.78 is 0. The number of hydrogen-bond acceptors (Lipinski definition) is 2. The van der Waals surface area contributed by atoms with Gasteiger partial charge in [0.15, 0.2) is 0 Å². The van der Waals surface area contributed by atoms with Crippen molar-refractivity contribution in [3.63, 3.8) is 0 Å². The monoisotopic (exact) mass is 244 g/mol. The number of carbonyl (C=O) groups is 2. The topological polar surface area (TPSA) is 74.6 Å². The third-order valence-electron chi connectivity index (χ3n) is 2.95. The van der Waals surface area contributed by atoms with Crippen LogP contribution in [0.2, 0.25) is 0 Å². The Morgan fingerprint density at radius 1 is 1.06 bits per heavy atom. The Bertz CT molecular complexity index is 530. The van der Waals surface area contributed by atoms with E-state index >= 15 is 0 Å². The average molecular weight is 244 g/mol. The van der Waals surface area contributed by atoms with Crippen LogP contribution >= 0.6 is 0 Å². The molecule has 0 aliphatic heterocycles. The van der Waals surface area contributed by atoms with Crippen molar-refractivity contribution in [1.29, 1.82) is 0 Å². The van der Waals surface area contributed by atoms with Gasteiger partial charge in [0.2, 0.25) is 0 Å². The lowest BCUT2D eigenvalue weighted by atomic mass is 9.84. The molecule has 0 radical (unpaired) electrons. The van der Waals surface area contributed by atoms with E-state index in [1.807, 2.05) is 0 Å². The lowest BCUT2D eigenvalue weighted by molar-refractivity contribution is -0.139. The first-order valence-electron chi connectivity index (χ1n) is 5.51. The first-order chi connectivity index (χ1) is 8.61. The molecule has 0 amide bonds. The summed E-state index contributed by atoms with van der Waals surface area (Å²) in [5.41, 5.74) is 0.373. The molecule has 18 heavy (non-hydrogen) atoms. The molecule has 2 N–H and O–H groups in total. The molecule has 1 aliphatic carbocycles. The molecule has 0 fully saturated rings. The van der Waals surface area contributed by atoms with E-state index in [0.29, 0.717) is 5.56 Å². The van der Waals surface area contributed by atoms with Crippen molar-refractivity contribution in [2.75, 3.05) is 0 Å². The molecule has 4 heteroatoms. The van der Waals surface area contributed by atoms with Crippen LogP contribution in [0.1, 0.15) is 21.8 Å². The Kier molecular flexibility index (Phi) is 3.28. The van der Waals surface area contributed by atoms with Crippen molar-refractivity contribution in [2.24, 2.45) is 5.92 Å². The van der Waals surface area contributed by atoms with Crippen molar-refractivity contribution in [3.05, 3.63) is 59.7 Å². The van der Waals surface area contributed by atoms with E-state index in [-0.39, 0.29) is 11.5 Å². The average Bonchev–Trinajstić information content (AvgIpc) is 2.83. The van der Waals surface area contributed by atoms with Gasteiger partial charge in [0.1, 0.15) is 0 Å². The molecule has 0 heterocycles. The second-order valence-electron chi connectivity index (χ2n) is 4.06. The second-order valence-corrected chi connectivity index (χ2v) is 4.06. The highest BCUT2D eigenvalue weighted by Crippen LogP contribution is 2.31. The van der Waals surface area contributed by atoms with Crippen LogP contribution in [0.4, 0.5) is 0 Å². The van der Waals surface area contributed by atoms with Gasteiger partial charge >= 0.3 is 11.9 Å². The van der Waals surface area contributed by atoms with Gasteiger partial charge in [0, 0.05) is 5.92 Å². The number of rotatable bonds is 4. The second kappa shape index (κ2) is 4.87. The van der Waals surface area contributed by atoms with Gasteiger partial charge in [-0.15, -0.1) is 0 Å². The highest BCUT2D eigenvalue weighted by atomic mass is 16.4. The van der Waals surface area contributed by atoms with E-state index in [2.05, 4.69) is 0 Å². The molecule has 0 aromatic heterocycles. The number of allylic oxidation sites excluding steroid dienone is 4. The standard InChI is InChI=1S/C14H12O4/c15-13(16)11-8-4-3-7-10(11)12(14(17)18)9-5-1-2-6-9/h1-9,12H,(H,15,16)(H,17,18). The first kappa shape index (κ1) is 12.1. The molecule has 1 aromatic carbocycles. The maximum atomic E-state index is 11.4. The summed E-state index contributed by atoms with van der Waals surface area (Å²) in [7, 11) is 0. The number of carboxylic acid groups (broad SMARTS) is 2. The summed E-state index contributed by atoms with van der Waals surface area (Å²) in [6, 6.07) is 6.23. The molecule has 1 unspecified atom stereocenters. The third-order valence-corrected chi connectivity index (χ3v) is 2.95. The van der Waals surface area contributed by atoms with E-state index in [4.69, 9.17) is 5.11 Å². The number of hydrogen-bond donors (Lipinski definition) is 2. The molecule has 1 aliphatic rings. The molecular formula is C14H12O4. The SMILES string of the molecule is O=C(O)c1ccccc1C(C(=O)O)C1C=CC=C1. The van der Waals surface area contributed by atoms with Crippen LogP contribution in [0.5, 0.6) is 0 Å². The minimum atomic E-state index is -1.11. The Labute approximate surface area is 104 Å². The molecule has 4 nitrogen and oxygen atoms in total. The molecule has 0 saturated carbocycles. The fourth-order valence-electron chi connectivity index (χ4n) is 2.14. The van der Waals surface area contributed by atoms with Gasteiger partial charge in [-0.2, -0.15) is 0 Å². The molecule has 0 saturated heterocycles. The normalized spacial score (nSPS) is 15.8. The number of aliphatic carboxylic acids is 1. The predicted molar refractivity (Wildman–Crippen MR) is 65.5 cm³/mol. The molecule has 0 bridgehead atoms. The van der Waals surface area contributed by atoms with E-state index in [9.17, 15) is 14.7 Å². The zero-order valence-electron chi connectivity index (χ0n) is 9.48. The smallest absolute Gasteiger partial charge is 0.335 e. The number of carboxylic acids is 2. The van der Waals surface area contributed by atoms with E-state index in [1.165, 1.54) is 6.07 Å². The third kappa shape index (κ3) is 2.18. The Balaban J connectivity index is 2.49. The zero-order valence-corrected chi connectivity index (χ0v) is 9.48. The van der Waals surface area contributed by atoms with Crippen molar-refractivity contribution >= 4 is 11.9 Å². The van der Waals surface area contributed by atoms with Crippen molar-refractivity contribution in [2.45, 2.75) is 5.92 Å². The van der Waals surface area contributed by atoms with Crippen LogP contribution in [0.15, 0.2) is 48.6 Å². The summed E-state index contributed by atoms with van der Waals surface area (Å²) in [6.07, 6.45) is 7.06. The largest absolute Gasteiger partial charge is 0.481 e. The highest BCUT2D eigenvalue weighted by molar-refractivity contribution is 5.92. The summed E-state index contributed by atoms with van der Waals surface area (Å²) in [6.45, 7) is 0. The molecule has 2 rings (SSSR count). The van der Waals surface area contributed by atoms with Crippen LogP contribution in [0.3, 0.4) is 0 Å². The Hall–Kier alpha value is -2.36. The van der Waals surface area contributed by atoms with Crippen LogP contribution < -0.4 is 0 Å². The van der Waals surface area contributed by atoms with Crippen LogP contribution in [-0.4, -0.2) is 22.2 Å². The van der Waals surface area contributed by atoms with Gasteiger partial charge in [-0.3, -0.25) is 4.79 Å². The van der Waals surface area contributed by atoms with Gasteiger partial charge in [0.05, 0.1) is 11.5 Å². The van der Waals surface area contributed by atoms with Gasteiger partial charge in [0.25, 0.3) is 0 Å².